The zero-order chi connectivity index (χ0) is 9.52. The van der Waals surface area contributed by atoms with Gasteiger partial charge in [0.2, 0.25) is 0 Å². The van der Waals surface area contributed by atoms with Gasteiger partial charge in [0.15, 0.2) is 0 Å². The molecule has 2 nitrogen and oxygen atoms in total. The van der Waals surface area contributed by atoms with Crippen molar-refractivity contribution in [3.05, 3.63) is 35.4 Å². The molecule has 2 heteroatoms. The van der Waals surface area contributed by atoms with E-state index >= 15 is 0 Å². The van der Waals surface area contributed by atoms with E-state index < -0.39 is 0 Å². The Kier molecular flexibility index (Phi) is 4.50. The number of hydrogen-bond acceptors (Lipinski definition) is 2. The molecule has 13 heavy (non-hydrogen) atoms. The summed E-state index contributed by atoms with van der Waals surface area (Å²) in [6, 6.07) is 8.33. The van der Waals surface area contributed by atoms with Gasteiger partial charge in [0.1, 0.15) is 0 Å². The number of aliphatic hydroxyl groups is 1. The van der Waals surface area contributed by atoms with Gasteiger partial charge in [0, 0.05) is 6.61 Å². The monoisotopic (exact) mass is 179 g/mol. The van der Waals surface area contributed by atoms with Crippen LogP contribution < -0.4 is 5.73 Å². The summed E-state index contributed by atoms with van der Waals surface area (Å²) in [7, 11) is 0. The quantitative estimate of drug-likeness (QED) is 0.711. The van der Waals surface area contributed by atoms with E-state index in [1.54, 1.807) is 0 Å². The van der Waals surface area contributed by atoms with Gasteiger partial charge in [0.25, 0.3) is 0 Å². The lowest BCUT2D eigenvalue weighted by molar-refractivity contribution is 0.299. The molecule has 3 N–H and O–H groups in total. The molecule has 0 radical (unpaired) electrons. The van der Waals surface area contributed by atoms with Crippen LogP contribution in [0.3, 0.4) is 0 Å². The third kappa shape index (κ3) is 3.57. The van der Waals surface area contributed by atoms with Crippen LogP contribution in [0.15, 0.2) is 24.3 Å². The largest absolute Gasteiger partial charge is 0.396 e. The highest BCUT2D eigenvalue weighted by molar-refractivity contribution is 5.23. The smallest absolute Gasteiger partial charge is 0.0471 e. The third-order valence-electron chi connectivity index (χ3n) is 2.06. The summed E-state index contributed by atoms with van der Waals surface area (Å²) in [5, 5.41) is 8.77. The lowest BCUT2D eigenvalue weighted by Crippen LogP contribution is -2.00. The predicted molar refractivity (Wildman–Crippen MR) is 54.6 cm³/mol. The number of aryl methyl sites for hydroxylation is 1. The first kappa shape index (κ1) is 10.2. The molecule has 0 aliphatic heterocycles. The van der Waals surface area contributed by atoms with Crippen LogP contribution in [0.4, 0.5) is 0 Å². The van der Waals surface area contributed by atoms with Crippen molar-refractivity contribution < 1.29 is 5.11 Å². The summed E-state index contributed by atoms with van der Waals surface area (Å²) < 4.78 is 0. The maximum atomic E-state index is 8.77. The van der Waals surface area contributed by atoms with E-state index in [4.69, 9.17) is 10.8 Å². The molecule has 1 rings (SSSR count). The van der Waals surface area contributed by atoms with Crippen molar-refractivity contribution in [2.75, 3.05) is 13.2 Å². The Labute approximate surface area is 79.4 Å². The van der Waals surface area contributed by atoms with Crippen LogP contribution in [0.2, 0.25) is 0 Å². The second kappa shape index (κ2) is 5.73. The van der Waals surface area contributed by atoms with Crippen molar-refractivity contribution >= 4 is 0 Å². The molecular formula is C11H17NO. The summed E-state index contributed by atoms with van der Waals surface area (Å²) in [4.78, 5) is 0. The molecule has 0 saturated heterocycles. The molecule has 1 aromatic rings. The fourth-order valence-electron chi connectivity index (χ4n) is 1.38. The molecule has 0 aliphatic rings. The predicted octanol–water partition coefficient (Wildman–Crippen LogP) is 1.11. The van der Waals surface area contributed by atoms with Crippen molar-refractivity contribution in [2.24, 2.45) is 5.73 Å². The normalized spacial score (nSPS) is 10.3. The summed E-state index contributed by atoms with van der Waals surface area (Å²) in [6.45, 7) is 0.963. The van der Waals surface area contributed by atoms with Crippen LogP contribution >= 0.6 is 0 Å². The number of nitrogens with two attached hydrogens (primary N) is 1. The average molecular weight is 179 g/mol. The van der Waals surface area contributed by atoms with E-state index in [0.717, 1.165) is 25.8 Å². The Morgan fingerprint density at radius 1 is 1.15 bits per heavy atom. The van der Waals surface area contributed by atoms with E-state index in [0.29, 0.717) is 0 Å². The minimum absolute atomic E-state index is 0.223. The van der Waals surface area contributed by atoms with Crippen LogP contribution in [-0.2, 0) is 12.8 Å². The maximum Gasteiger partial charge on any atom is 0.0471 e. The van der Waals surface area contributed by atoms with Crippen LogP contribution in [0.25, 0.3) is 0 Å². The Morgan fingerprint density at radius 3 is 2.46 bits per heavy atom. The van der Waals surface area contributed by atoms with E-state index in [2.05, 4.69) is 12.1 Å². The van der Waals surface area contributed by atoms with Crippen LogP contribution in [-0.4, -0.2) is 18.3 Å². The van der Waals surface area contributed by atoms with Gasteiger partial charge in [-0.05, 0) is 36.9 Å². The number of hydrogen-bond donors (Lipinski definition) is 2. The minimum Gasteiger partial charge on any atom is -0.396 e. The molecule has 0 fully saturated rings. The summed E-state index contributed by atoms with van der Waals surface area (Å²) in [6.07, 6.45) is 2.81. The van der Waals surface area contributed by atoms with Gasteiger partial charge in [0.05, 0.1) is 0 Å². The Bertz CT molecular complexity index is 248. The SMILES string of the molecule is NCCCc1cccc(CCO)c1. The molecule has 0 spiro atoms. The van der Waals surface area contributed by atoms with Crippen molar-refractivity contribution in [1.29, 1.82) is 0 Å². The van der Waals surface area contributed by atoms with E-state index in [1.807, 2.05) is 12.1 Å². The fraction of sp³-hybridized carbons (Fsp3) is 0.455. The molecule has 0 heterocycles. The van der Waals surface area contributed by atoms with Crippen LogP contribution in [0, 0.1) is 0 Å². The first-order valence-corrected chi connectivity index (χ1v) is 4.75. The summed E-state index contributed by atoms with van der Waals surface area (Å²) in [5.74, 6) is 0. The molecule has 0 atom stereocenters. The van der Waals surface area contributed by atoms with Crippen molar-refractivity contribution in [1.82, 2.24) is 0 Å². The van der Waals surface area contributed by atoms with Gasteiger partial charge < -0.3 is 10.8 Å². The van der Waals surface area contributed by atoms with Gasteiger partial charge in [-0.3, -0.25) is 0 Å². The highest BCUT2D eigenvalue weighted by atomic mass is 16.2. The molecule has 72 valence electrons. The van der Waals surface area contributed by atoms with Crippen molar-refractivity contribution in [3.8, 4) is 0 Å². The number of aliphatic hydroxyl groups excluding tert-OH is 1. The zero-order valence-electron chi connectivity index (χ0n) is 7.87. The number of rotatable bonds is 5. The second-order valence-electron chi connectivity index (χ2n) is 3.19. The zero-order valence-corrected chi connectivity index (χ0v) is 7.87. The fourth-order valence-corrected chi connectivity index (χ4v) is 1.38. The third-order valence-corrected chi connectivity index (χ3v) is 2.06. The second-order valence-corrected chi connectivity index (χ2v) is 3.19. The van der Waals surface area contributed by atoms with Gasteiger partial charge in [-0.2, -0.15) is 0 Å². The first-order valence-electron chi connectivity index (χ1n) is 4.75. The molecule has 0 bridgehead atoms. The van der Waals surface area contributed by atoms with E-state index in [-0.39, 0.29) is 6.61 Å². The van der Waals surface area contributed by atoms with Crippen LogP contribution in [0.5, 0.6) is 0 Å². The molecule has 0 saturated carbocycles. The lowest BCUT2D eigenvalue weighted by atomic mass is 10.0. The van der Waals surface area contributed by atoms with Gasteiger partial charge in [-0.25, -0.2) is 0 Å². The lowest BCUT2D eigenvalue weighted by Gasteiger charge is -2.02. The highest BCUT2D eigenvalue weighted by Gasteiger charge is 1.95. The minimum atomic E-state index is 0.223. The van der Waals surface area contributed by atoms with Gasteiger partial charge in [-0.1, -0.05) is 24.3 Å². The molecule has 0 amide bonds. The topological polar surface area (TPSA) is 46.2 Å². The summed E-state index contributed by atoms with van der Waals surface area (Å²) in [5.41, 5.74) is 7.95. The van der Waals surface area contributed by atoms with Crippen LogP contribution in [0.1, 0.15) is 17.5 Å². The summed E-state index contributed by atoms with van der Waals surface area (Å²) >= 11 is 0. The number of benzene rings is 1. The Hall–Kier alpha value is -0.860. The Morgan fingerprint density at radius 2 is 1.85 bits per heavy atom. The Balaban J connectivity index is 2.56. The maximum absolute atomic E-state index is 8.77. The molecule has 0 aromatic heterocycles. The molecule has 0 unspecified atom stereocenters. The van der Waals surface area contributed by atoms with E-state index in [9.17, 15) is 0 Å². The average Bonchev–Trinajstić information content (AvgIpc) is 2.16. The van der Waals surface area contributed by atoms with Gasteiger partial charge in [-0.15, -0.1) is 0 Å². The van der Waals surface area contributed by atoms with E-state index in [1.165, 1.54) is 11.1 Å². The standard InChI is InChI=1S/C11H17NO/c12-7-2-5-10-3-1-4-11(9-10)6-8-13/h1,3-4,9,13H,2,5-8,12H2. The van der Waals surface area contributed by atoms with Gasteiger partial charge >= 0.3 is 0 Å². The molecule has 0 aliphatic carbocycles. The first-order chi connectivity index (χ1) is 6.36. The van der Waals surface area contributed by atoms with Crippen molar-refractivity contribution in [3.63, 3.8) is 0 Å². The highest BCUT2D eigenvalue weighted by Crippen LogP contribution is 2.07. The van der Waals surface area contributed by atoms with Crippen molar-refractivity contribution in [2.45, 2.75) is 19.3 Å². The molecular weight excluding hydrogens is 162 g/mol. The molecule has 1 aromatic carbocycles.